The van der Waals surface area contributed by atoms with Gasteiger partial charge in [0.25, 0.3) is 0 Å². The van der Waals surface area contributed by atoms with E-state index in [9.17, 15) is 0 Å². The lowest BCUT2D eigenvalue weighted by molar-refractivity contribution is 0.406. The fraction of sp³-hybridized carbons (Fsp3) is 0.267. The fourth-order valence-electron chi connectivity index (χ4n) is 1.80. The second-order valence-electron chi connectivity index (χ2n) is 4.40. The predicted molar refractivity (Wildman–Crippen MR) is 80.9 cm³/mol. The lowest BCUT2D eigenvalue weighted by atomic mass is 10.1. The van der Waals surface area contributed by atoms with Crippen LogP contribution in [0.3, 0.4) is 0 Å². The van der Waals surface area contributed by atoms with Gasteiger partial charge in [0.2, 0.25) is 0 Å². The van der Waals surface area contributed by atoms with E-state index in [2.05, 4.69) is 29.6 Å². The van der Waals surface area contributed by atoms with E-state index in [0.29, 0.717) is 6.54 Å². The summed E-state index contributed by atoms with van der Waals surface area (Å²) in [7, 11) is 1.96. The maximum atomic E-state index is 5.34. The molecule has 0 fully saturated rings. The maximum Gasteiger partial charge on any atom is 0.169 e. The summed E-state index contributed by atoms with van der Waals surface area (Å²) in [5, 5.41) is 4.00. The largest absolute Gasteiger partial charge is 0.467 e. The van der Waals surface area contributed by atoms with Crippen LogP contribution in [0.25, 0.3) is 0 Å². The molecule has 1 N–H and O–H groups in total. The number of hydrogen-bond acceptors (Lipinski definition) is 2. The summed E-state index contributed by atoms with van der Waals surface area (Å²) in [6.45, 7) is 1.52. The SMILES string of the molecule is CN(Cc1ccco1)C(=S)NCCc1ccccc1. The number of rotatable bonds is 5. The van der Waals surface area contributed by atoms with Gasteiger partial charge in [0, 0.05) is 13.6 Å². The van der Waals surface area contributed by atoms with Crippen LogP contribution in [0.5, 0.6) is 0 Å². The van der Waals surface area contributed by atoms with Crippen LogP contribution in [0.4, 0.5) is 0 Å². The number of furan rings is 1. The summed E-state index contributed by atoms with van der Waals surface area (Å²) in [5.74, 6) is 0.912. The molecule has 1 aromatic heterocycles. The van der Waals surface area contributed by atoms with Gasteiger partial charge in [0.1, 0.15) is 5.76 Å². The van der Waals surface area contributed by atoms with Crippen molar-refractivity contribution in [3.63, 3.8) is 0 Å². The number of benzene rings is 1. The zero-order valence-electron chi connectivity index (χ0n) is 11.0. The number of nitrogens with zero attached hydrogens (tertiary/aromatic N) is 1. The Hall–Kier alpha value is -1.81. The second kappa shape index (κ2) is 6.95. The summed E-state index contributed by atoms with van der Waals surface area (Å²) in [5.41, 5.74) is 1.31. The van der Waals surface area contributed by atoms with Gasteiger partial charge in [-0.25, -0.2) is 0 Å². The highest BCUT2D eigenvalue weighted by atomic mass is 32.1. The van der Waals surface area contributed by atoms with Gasteiger partial charge in [0.05, 0.1) is 12.8 Å². The van der Waals surface area contributed by atoms with E-state index in [4.69, 9.17) is 16.6 Å². The van der Waals surface area contributed by atoms with Gasteiger partial charge in [-0.05, 0) is 36.3 Å². The predicted octanol–water partition coefficient (Wildman–Crippen LogP) is 2.83. The smallest absolute Gasteiger partial charge is 0.169 e. The minimum absolute atomic E-state index is 0.685. The summed E-state index contributed by atoms with van der Waals surface area (Å²) in [6.07, 6.45) is 2.64. The minimum Gasteiger partial charge on any atom is -0.467 e. The van der Waals surface area contributed by atoms with E-state index in [0.717, 1.165) is 23.8 Å². The molecule has 0 amide bonds. The van der Waals surface area contributed by atoms with E-state index in [1.54, 1.807) is 6.26 Å². The molecule has 0 atom stereocenters. The Morgan fingerprint density at radius 3 is 2.68 bits per heavy atom. The van der Waals surface area contributed by atoms with Crippen molar-refractivity contribution in [2.45, 2.75) is 13.0 Å². The first-order chi connectivity index (χ1) is 9.25. The molecule has 0 unspecified atom stereocenters. The summed E-state index contributed by atoms with van der Waals surface area (Å²) in [4.78, 5) is 1.97. The van der Waals surface area contributed by atoms with Crippen LogP contribution < -0.4 is 5.32 Å². The van der Waals surface area contributed by atoms with Crippen molar-refractivity contribution >= 4 is 17.3 Å². The number of thiocarbonyl (C=S) groups is 1. The average Bonchev–Trinajstić information content (AvgIpc) is 2.92. The Kier molecular flexibility index (Phi) is 4.98. The van der Waals surface area contributed by atoms with Crippen molar-refractivity contribution in [3.8, 4) is 0 Å². The van der Waals surface area contributed by atoms with Gasteiger partial charge >= 0.3 is 0 Å². The molecule has 0 saturated heterocycles. The quantitative estimate of drug-likeness (QED) is 0.849. The lowest BCUT2D eigenvalue weighted by Gasteiger charge is -2.19. The lowest BCUT2D eigenvalue weighted by Crippen LogP contribution is -2.37. The summed E-state index contributed by atoms with van der Waals surface area (Å²) < 4.78 is 5.30. The number of nitrogens with one attached hydrogen (secondary N) is 1. The molecule has 0 aliphatic rings. The van der Waals surface area contributed by atoms with Crippen LogP contribution in [-0.4, -0.2) is 23.6 Å². The molecule has 0 saturated carbocycles. The molecule has 0 aliphatic carbocycles. The Morgan fingerprint density at radius 1 is 1.21 bits per heavy atom. The van der Waals surface area contributed by atoms with Crippen LogP contribution in [0.1, 0.15) is 11.3 Å². The Morgan fingerprint density at radius 2 is 2.00 bits per heavy atom. The first-order valence-corrected chi connectivity index (χ1v) is 6.72. The van der Waals surface area contributed by atoms with Crippen molar-refractivity contribution in [3.05, 3.63) is 60.1 Å². The van der Waals surface area contributed by atoms with Crippen molar-refractivity contribution in [1.82, 2.24) is 10.2 Å². The van der Waals surface area contributed by atoms with E-state index in [-0.39, 0.29) is 0 Å². The van der Waals surface area contributed by atoms with Crippen molar-refractivity contribution in [1.29, 1.82) is 0 Å². The topological polar surface area (TPSA) is 28.4 Å². The van der Waals surface area contributed by atoms with Crippen molar-refractivity contribution in [2.24, 2.45) is 0 Å². The normalized spacial score (nSPS) is 10.2. The van der Waals surface area contributed by atoms with Crippen LogP contribution >= 0.6 is 12.2 Å². The minimum atomic E-state index is 0.685. The third kappa shape index (κ3) is 4.41. The molecule has 1 heterocycles. The van der Waals surface area contributed by atoms with Gasteiger partial charge in [-0.15, -0.1) is 0 Å². The van der Waals surface area contributed by atoms with Crippen LogP contribution in [0.15, 0.2) is 53.1 Å². The van der Waals surface area contributed by atoms with E-state index in [1.807, 2.05) is 30.1 Å². The molecule has 2 rings (SSSR count). The van der Waals surface area contributed by atoms with Gasteiger partial charge in [-0.2, -0.15) is 0 Å². The first-order valence-electron chi connectivity index (χ1n) is 6.31. The van der Waals surface area contributed by atoms with Crippen molar-refractivity contribution < 1.29 is 4.42 Å². The maximum absolute atomic E-state index is 5.34. The fourth-order valence-corrected chi connectivity index (χ4v) is 1.97. The monoisotopic (exact) mass is 274 g/mol. The van der Waals surface area contributed by atoms with Crippen molar-refractivity contribution in [2.75, 3.05) is 13.6 Å². The third-order valence-corrected chi connectivity index (χ3v) is 3.31. The molecule has 3 nitrogen and oxygen atoms in total. The van der Waals surface area contributed by atoms with Gasteiger partial charge in [-0.1, -0.05) is 30.3 Å². The first kappa shape index (κ1) is 13.6. The molecule has 2 aromatic rings. The summed E-state index contributed by atoms with van der Waals surface area (Å²) >= 11 is 5.34. The van der Waals surface area contributed by atoms with E-state index < -0.39 is 0 Å². The molecule has 4 heteroatoms. The number of hydrogen-bond donors (Lipinski definition) is 1. The molecule has 0 spiro atoms. The Bertz CT molecular complexity index is 496. The third-order valence-electron chi connectivity index (χ3n) is 2.85. The van der Waals surface area contributed by atoms with E-state index in [1.165, 1.54) is 5.56 Å². The zero-order chi connectivity index (χ0) is 13.5. The highest BCUT2D eigenvalue weighted by Gasteiger charge is 2.06. The zero-order valence-corrected chi connectivity index (χ0v) is 11.8. The molecular formula is C15H18N2OS. The molecule has 0 radical (unpaired) electrons. The van der Waals surface area contributed by atoms with Gasteiger partial charge in [0.15, 0.2) is 5.11 Å². The Labute approximate surface area is 119 Å². The molecule has 1 aromatic carbocycles. The molecule has 0 bridgehead atoms. The molecule has 0 aliphatic heterocycles. The van der Waals surface area contributed by atoms with Crippen LogP contribution in [0, 0.1) is 0 Å². The average molecular weight is 274 g/mol. The van der Waals surface area contributed by atoms with Gasteiger partial charge in [-0.3, -0.25) is 0 Å². The second-order valence-corrected chi connectivity index (χ2v) is 4.79. The van der Waals surface area contributed by atoms with Gasteiger partial charge < -0.3 is 14.6 Å². The Balaban J connectivity index is 1.72. The molecule has 100 valence electrons. The highest BCUT2D eigenvalue weighted by molar-refractivity contribution is 7.80. The molecular weight excluding hydrogens is 256 g/mol. The van der Waals surface area contributed by atoms with Crippen LogP contribution in [-0.2, 0) is 13.0 Å². The van der Waals surface area contributed by atoms with Crippen LogP contribution in [0.2, 0.25) is 0 Å². The standard InChI is InChI=1S/C15H18N2OS/c1-17(12-14-8-5-11-18-14)15(19)16-10-9-13-6-3-2-4-7-13/h2-8,11H,9-10,12H2,1H3,(H,16,19). The highest BCUT2D eigenvalue weighted by Crippen LogP contribution is 2.04. The van der Waals surface area contributed by atoms with E-state index >= 15 is 0 Å². The molecule has 19 heavy (non-hydrogen) atoms. The summed E-state index contributed by atoms with van der Waals surface area (Å²) in [6, 6.07) is 14.2.